The van der Waals surface area contributed by atoms with Crippen LogP contribution >= 0.6 is 12.2 Å². The van der Waals surface area contributed by atoms with Crippen molar-refractivity contribution in [3.05, 3.63) is 10.6 Å². The molecule has 1 saturated heterocycles. The summed E-state index contributed by atoms with van der Waals surface area (Å²) < 4.78 is 1.40. The Bertz CT molecular complexity index is 460. The van der Waals surface area contributed by atoms with Gasteiger partial charge in [0.2, 0.25) is 16.6 Å². The van der Waals surface area contributed by atoms with Crippen LogP contribution in [0.2, 0.25) is 0 Å². The Hall–Kier alpha value is -1.70. The topological polar surface area (TPSA) is 97.0 Å². The number of rotatable bonds is 2. The summed E-state index contributed by atoms with van der Waals surface area (Å²) >= 11 is 4.81. The van der Waals surface area contributed by atoms with Gasteiger partial charge in [-0.15, -0.1) is 0 Å². The summed E-state index contributed by atoms with van der Waals surface area (Å²) in [6, 6.07) is 0. The summed E-state index contributed by atoms with van der Waals surface area (Å²) in [6.45, 7) is 0.0707. The molecule has 8 heteroatoms. The molecule has 3 N–H and O–H groups in total. The zero-order valence-corrected chi connectivity index (χ0v) is 8.58. The van der Waals surface area contributed by atoms with Gasteiger partial charge in [-0.2, -0.15) is 5.10 Å². The fourth-order valence-electron chi connectivity index (χ4n) is 1.39. The van der Waals surface area contributed by atoms with Crippen LogP contribution in [-0.4, -0.2) is 31.6 Å². The van der Waals surface area contributed by atoms with E-state index in [2.05, 4.69) is 10.2 Å². The molecule has 1 aromatic heterocycles. The maximum Gasteiger partial charge on any atom is 0.230 e. The van der Waals surface area contributed by atoms with E-state index >= 15 is 0 Å². The van der Waals surface area contributed by atoms with Crippen molar-refractivity contribution in [3.8, 4) is 0 Å². The minimum Gasteiger partial charge on any atom is -0.335 e. The first-order chi connectivity index (χ1) is 7.09. The SMILES string of the molecule is Nn1c(CN2C(=O)CCC2=O)n[nH]c1=S. The highest BCUT2D eigenvalue weighted by Crippen LogP contribution is 2.14. The van der Waals surface area contributed by atoms with Gasteiger partial charge < -0.3 is 5.84 Å². The molecule has 0 radical (unpaired) electrons. The standard InChI is InChI=1S/C7H9N5O2S/c8-12-4(9-10-7(12)15)3-11-5(13)1-2-6(11)14/h1-3,8H2,(H,10,15). The number of aromatic amines is 1. The number of nitrogens with two attached hydrogens (primary N) is 1. The Balaban J connectivity index is 2.22. The molecule has 0 aromatic carbocycles. The van der Waals surface area contributed by atoms with E-state index in [0.29, 0.717) is 5.82 Å². The molecule has 7 nitrogen and oxygen atoms in total. The highest BCUT2D eigenvalue weighted by atomic mass is 32.1. The van der Waals surface area contributed by atoms with Gasteiger partial charge in [0.05, 0.1) is 6.54 Å². The van der Waals surface area contributed by atoms with Crippen LogP contribution in [-0.2, 0) is 16.1 Å². The molecular formula is C7H9N5O2S. The summed E-state index contributed by atoms with van der Waals surface area (Å²) in [5.41, 5.74) is 0. The molecule has 1 fully saturated rings. The largest absolute Gasteiger partial charge is 0.335 e. The third kappa shape index (κ3) is 1.63. The molecule has 2 heterocycles. The van der Waals surface area contributed by atoms with E-state index in [4.69, 9.17) is 18.1 Å². The van der Waals surface area contributed by atoms with E-state index in [1.807, 2.05) is 0 Å². The van der Waals surface area contributed by atoms with Crippen LogP contribution in [0.1, 0.15) is 18.7 Å². The van der Waals surface area contributed by atoms with E-state index < -0.39 is 0 Å². The number of nitrogens with zero attached hydrogens (tertiary/aromatic N) is 3. The number of hydrogen-bond acceptors (Lipinski definition) is 5. The smallest absolute Gasteiger partial charge is 0.230 e. The number of hydrogen-bond donors (Lipinski definition) is 2. The molecule has 15 heavy (non-hydrogen) atoms. The van der Waals surface area contributed by atoms with Gasteiger partial charge in [0, 0.05) is 12.8 Å². The second kappa shape index (κ2) is 3.46. The Kier molecular flexibility index (Phi) is 2.27. The van der Waals surface area contributed by atoms with Crippen LogP contribution in [0.3, 0.4) is 0 Å². The van der Waals surface area contributed by atoms with Crippen LogP contribution in [0.4, 0.5) is 0 Å². The van der Waals surface area contributed by atoms with Crippen molar-refractivity contribution in [1.29, 1.82) is 0 Å². The van der Waals surface area contributed by atoms with E-state index in [1.54, 1.807) is 0 Å². The van der Waals surface area contributed by atoms with Crippen molar-refractivity contribution in [1.82, 2.24) is 19.8 Å². The minimum atomic E-state index is -0.200. The van der Waals surface area contributed by atoms with Gasteiger partial charge >= 0.3 is 0 Å². The zero-order chi connectivity index (χ0) is 11.0. The third-order valence-electron chi connectivity index (χ3n) is 2.23. The Morgan fingerprint density at radius 2 is 2.00 bits per heavy atom. The number of nitrogen functional groups attached to an aromatic ring is 1. The molecule has 2 rings (SSSR count). The molecule has 0 spiro atoms. The van der Waals surface area contributed by atoms with Gasteiger partial charge in [0.15, 0.2) is 5.82 Å². The average Bonchev–Trinajstić information content (AvgIpc) is 2.68. The first kappa shape index (κ1) is 9.84. The van der Waals surface area contributed by atoms with E-state index in [0.717, 1.165) is 9.58 Å². The van der Waals surface area contributed by atoms with Crippen molar-refractivity contribution in [2.24, 2.45) is 0 Å². The summed E-state index contributed by atoms with van der Waals surface area (Å²) in [5, 5.41) is 6.30. The van der Waals surface area contributed by atoms with E-state index in [-0.39, 0.29) is 36.0 Å². The number of carbonyl (C=O) groups excluding carboxylic acids is 2. The second-order valence-corrected chi connectivity index (χ2v) is 3.58. The maximum atomic E-state index is 11.3. The molecule has 0 bridgehead atoms. The van der Waals surface area contributed by atoms with Crippen molar-refractivity contribution < 1.29 is 9.59 Å². The fourth-order valence-corrected chi connectivity index (χ4v) is 1.54. The summed E-state index contributed by atoms with van der Waals surface area (Å²) in [5.74, 6) is 5.51. The van der Waals surface area contributed by atoms with Crippen molar-refractivity contribution >= 4 is 24.0 Å². The number of amides is 2. The van der Waals surface area contributed by atoms with Crippen LogP contribution in [0.15, 0.2) is 0 Å². The molecular weight excluding hydrogens is 218 g/mol. The number of likely N-dealkylation sites (tertiary alicyclic amines) is 1. The predicted molar refractivity (Wildman–Crippen MR) is 52.4 cm³/mol. The predicted octanol–water partition coefficient (Wildman–Crippen LogP) is -0.697. The average molecular weight is 227 g/mol. The van der Waals surface area contributed by atoms with Gasteiger partial charge in [0.1, 0.15) is 0 Å². The van der Waals surface area contributed by atoms with E-state index in [1.165, 1.54) is 0 Å². The lowest BCUT2D eigenvalue weighted by Crippen LogP contribution is -2.30. The number of carbonyl (C=O) groups is 2. The number of aromatic nitrogens is 3. The first-order valence-electron chi connectivity index (χ1n) is 4.34. The highest BCUT2D eigenvalue weighted by Gasteiger charge is 2.29. The Labute approximate surface area is 89.8 Å². The van der Waals surface area contributed by atoms with Gasteiger partial charge in [0.25, 0.3) is 0 Å². The molecule has 1 aliphatic rings. The lowest BCUT2D eigenvalue weighted by molar-refractivity contribution is -0.139. The third-order valence-corrected chi connectivity index (χ3v) is 2.52. The normalized spacial score (nSPS) is 16.4. The van der Waals surface area contributed by atoms with Gasteiger partial charge in [-0.05, 0) is 12.2 Å². The summed E-state index contributed by atoms with van der Waals surface area (Å²) in [7, 11) is 0. The Morgan fingerprint density at radius 1 is 1.40 bits per heavy atom. The van der Waals surface area contributed by atoms with Gasteiger partial charge in [-0.25, -0.2) is 4.68 Å². The van der Waals surface area contributed by atoms with Crippen LogP contribution in [0, 0.1) is 4.77 Å². The summed E-state index contributed by atoms with van der Waals surface area (Å²) in [6.07, 6.45) is 0.517. The maximum absolute atomic E-state index is 11.3. The van der Waals surface area contributed by atoms with Gasteiger partial charge in [-0.3, -0.25) is 19.6 Å². The molecule has 0 aliphatic carbocycles. The van der Waals surface area contributed by atoms with Crippen molar-refractivity contribution in [2.45, 2.75) is 19.4 Å². The minimum absolute atomic E-state index is 0.0707. The zero-order valence-electron chi connectivity index (χ0n) is 7.77. The number of imide groups is 1. The molecule has 80 valence electrons. The second-order valence-electron chi connectivity index (χ2n) is 3.19. The van der Waals surface area contributed by atoms with Crippen LogP contribution < -0.4 is 5.84 Å². The quantitative estimate of drug-likeness (QED) is 0.396. The van der Waals surface area contributed by atoms with Gasteiger partial charge in [-0.1, -0.05) is 0 Å². The molecule has 1 aromatic rings. The lowest BCUT2D eigenvalue weighted by atomic mass is 10.4. The van der Waals surface area contributed by atoms with Crippen LogP contribution in [0.25, 0.3) is 0 Å². The monoisotopic (exact) mass is 227 g/mol. The molecule has 0 atom stereocenters. The van der Waals surface area contributed by atoms with Crippen molar-refractivity contribution in [3.63, 3.8) is 0 Å². The first-order valence-corrected chi connectivity index (χ1v) is 4.75. The Morgan fingerprint density at radius 3 is 2.47 bits per heavy atom. The lowest BCUT2D eigenvalue weighted by Gasteiger charge is -2.11. The molecule has 2 amide bonds. The number of H-pyrrole nitrogens is 1. The van der Waals surface area contributed by atoms with Crippen molar-refractivity contribution in [2.75, 3.05) is 5.84 Å². The van der Waals surface area contributed by atoms with E-state index in [9.17, 15) is 9.59 Å². The summed E-state index contributed by atoms with van der Waals surface area (Å²) in [4.78, 5) is 23.7. The highest BCUT2D eigenvalue weighted by molar-refractivity contribution is 7.71. The molecule has 1 aliphatic heterocycles. The van der Waals surface area contributed by atoms with Crippen LogP contribution in [0.5, 0.6) is 0 Å². The fraction of sp³-hybridized carbons (Fsp3) is 0.429. The molecule has 0 saturated carbocycles. The molecule has 0 unspecified atom stereocenters. The number of nitrogens with one attached hydrogen (secondary N) is 1.